The van der Waals surface area contributed by atoms with E-state index >= 15 is 0 Å². The molecule has 1 saturated heterocycles. The third kappa shape index (κ3) is 7.65. The number of rotatable bonds is 9. The molecule has 2 amide bonds. The molecule has 0 radical (unpaired) electrons. The summed E-state index contributed by atoms with van der Waals surface area (Å²) in [6.07, 6.45) is 12.9. The first-order valence-electron chi connectivity index (χ1n) is 17.0. The van der Waals surface area contributed by atoms with Crippen molar-refractivity contribution < 1.29 is 14.3 Å². The van der Waals surface area contributed by atoms with E-state index in [1.807, 2.05) is 40.6 Å². The van der Waals surface area contributed by atoms with Crippen LogP contribution in [0.2, 0.25) is 0 Å². The van der Waals surface area contributed by atoms with E-state index in [4.69, 9.17) is 9.73 Å². The second-order valence-electron chi connectivity index (χ2n) is 13.2. The zero-order chi connectivity index (χ0) is 30.3. The Balaban J connectivity index is 1.19. The summed E-state index contributed by atoms with van der Waals surface area (Å²) in [6, 6.07) is 14.3. The van der Waals surface area contributed by atoms with Gasteiger partial charge in [0.2, 0.25) is 11.8 Å². The van der Waals surface area contributed by atoms with Crippen LogP contribution in [-0.4, -0.2) is 71.4 Å². The van der Waals surface area contributed by atoms with E-state index in [2.05, 4.69) is 34.6 Å². The standard InChI is InChI=1S/C35H49N5O3S/c1-25-32(27-14-7-3-8-15-27)43-35(37-25)39-19-20-40(31(24-39)33(41)36-23-29-18-11-21-44-29)34(42)30(22-26-12-5-2-6-13-26)38-28-16-9-4-10-17-28/h3,7-8,11,14-15,18,21,25-26,28,30-32,38H,2,4-6,9-10,12-13,16-17,19-20,22-24H2,1H3,(H,36,41)/t25-,30?,31+,32-/m1/s1. The van der Waals surface area contributed by atoms with Crippen molar-refractivity contribution in [3.05, 3.63) is 58.3 Å². The summed E-state index contributed by atoms with van der Waals surface area (Å²) in [4.78, 5) is 38.3. The zero-order valence-corrected chi connectivity index (χ0v) is 27.0. The molecule has 4 aliphatic rings. The Morgan fingerprint density at radius 1 is 0.977 bits per heavy atom. The molecule has 2 N–H and O–H groups in total. The monoisotopic (exact) mass is 619 g/mol. The smallest absolute Gasteiger partial charge is 0.288 e. The molecular weight excluding hydrogens is 570 g/mol. The molecule has 238 valence electrons. The van der Waals surface area contributed by atoms with Crippen LogP contribution in [0.4, 0.5) is 0 Å². The summed E-state index contributed by atoms with van der Waals surface area (Å²) in [5.41, 5.74) is 1.09. The molecule has 8 nitrogen and oxygen atoms in total. The average molecular weight is 620 g/mol. The van der Waals surface area contributed by atoms with Gasteiger partial charge in [-0.3, -0.25) is 9.59 Å². The second kappa shape index (κ2) is 14.9. The quantitative estimate of drug-likeness (QED) is 0.379. The van der Waals surface area contributed by atoms with Crippen LogP contribution in [0.25, 0.3) is 0 Å². The summed E-state index contributed by atoms with van der Waals surface area (Å²) in [5.74, 6) is 0.539. The highest BCUT2D eigenvalue weighted by Crippen LogP contribution is 2.32. The van der Waals surface area contributed by atoms with Crippen LogP contribution in [0.5, 0.6) is 0 Å². The van der Waals surface area contributed by atoms with Gasteiger partial charge in [0, 0.05) is 24.0 Å². The maximum Gasteiger partial charge on any atom is 0.288 e. The summed E-state index contributed by atoms with van der Waals surface area (Å²) < 4.78 is 6.42. The first-order valence-corrected chi connectivity index (χ1v) is 17.8. The fraction of sp³-hybridized carbons (Fsp3) is 0.629. The molecule has 4 atom stereocenters. The number of piperazine rings is 1. The summed E-state index contributed by atoms with van der Waals surface area (Å²) in [6.45, 7) is 3.96. The Bertz CT molecular complexity index is 1220. The molecule has 6 rings (SSSR count). The Hall–Kier alpha value is -2.91. The van der Waals surface area contributed by atoms with Crippen LogP contribution in [0, 0.1) is 5.92 Å². The Morgan fingerprint density at radius 2 is 1.73 bits per heavy atom. The maximum atomic E-state index is 14.5. The third-order valence-electron chi connectivity index (χ3n) is 10.0. The first-order chi connectivity index (χ1) is 21.5. The highest BCUT2D eigenvalue weighted by Gasteiger charge is 2.42. The molecule has 1 aromatic carbocycles. The molecule has 2 aromatic rings. The number of nitrogens with one attached hydrogen (secondary N) is 2. The van der Waals surface area contributed by atoms with E-state index in [1.165, 1.54) is 51.4 Å². The third-order valence-corrected chi connectivity index (χ3v) is 10.9. The van der Waals surface area contributed by atoms with Gasteiger partial charge >= 0.3 is 0 Å². The lowest BCUT2D eigenvalue weighted by Gasteiger charge is -2.43. The number of thiophene rings is 1. The van der Waals surface area contributed by atoms with Gasteiger partial charge in [-0.25, -0.2) is 4.99 Å². The summed E-state index contributed by atoms with van der Waals surface area (Å²) in [7, 11) is 0. The first kappa shape index (κ1) is 31.1. The van der Waals surface area contributed by atoms with Crippen LogP contribution in [0.15, 0.2) is 52.8 Å². The maximum absolute atomic E-state index is 14.5. The largest absolute Gasteiger partial charge is 0.455 e. The van der Waals surface area contributed by atoms with E-state index in [9.17, 15) is 9.59 Å². The minimum Gasteiger partial charge on any atom is -0.455 e. The molecule has 2 saturated carbocycles. The SMILES string of the molecule is C[C@H]1N=C(N2CCN(C(=O)C(CC3CCCCC3)NC3CCCCC3)[C@H](C(=O)NCc3cccs3)C2)O[C@H]1c1ccccc1. The molecule has 3 fully saturated rings. The van der Waals surface area contributed by atoms with E-state index < -0.39 is 6.04 Å². The van der Waals surface area contributed by atoms with E-state index in [1.54, 1.807) is 11.3 Å². The predicted molar refractivity (Wildman–Crippen MR) is 175 cm³/mol. The minimum atomic E-state index is -0.615. The van der Waals surface area contributed by atoms with Crippen molar-refractivity contribution in [1.29, 1.82) is 0 Å². The highest BCUT2D eigenvalue weighted by atomic mass is 32.1. The van der Waals surface area contributed by atoms with Crippen molar-refractivity contribution in [1.82, 2.24) is 20.4 Å². The van der Waals surface area contributed by atoms with Gasteiger partial charge in [0.1, 0.15) is 12.1 Å². The number of amidine groups is 1. The molecule has 0 bridgehead atoms. The molecule has 1 aromatic heterocycles. The van der Waals surface area contributed by atoms with Gasteiger partial charge < -0.3 is 25.2 Å². The van der Waals surface area contributed by atoms with Crippen molar-refractivity contribution in [2.75, 3.05) is 19.6 Å². The van der Waals surface area contributed by atoms with Crippen LogP contribution in [0.1, 0.15) is 94.1 Å². The number of amides is 2. The van der Waals surface area contributed by atoms with E-state index in [0.717, 1.165) is 29.7 Å². The normalized spacial score (nSPS) is 25.8. The van der Waals surface area contributed by atoms with Crippen LogP contribution < -0.4 is 10.6 Å². The van der Waals surface area contributed by atoms with Crippen molar-refractivity contribution in [3.63, 3.8) is 0 Å². The number of nitrogens with zero attached hydrogens (tertiary/aromatic N) is 3. The molecule has 1 unspecified atom stereocenters. The molecule has 0 spiro atoms. The van der Waals surface area contributed by atoms with Gasteiger partial charge in [-0.2, -0.15) is 0 Å². The predicted octanol–water partition coefficient (Wildman–Crippen LogP) is 5.65. The number of hydrogen-bond donors (Lipinski definition) is 2. The second-order valence-corrected chi connectivity index (χ2v) is 14.2. The van der Waals surface area contributed by atoms with Gasteiger partial charge in [0.15, 0.2) is 0 Å². The van der Waals surface area contributed by atoms with Crippen LogP contribution >= 0.6 is 11.3 Å². The number of aliphatic imine (C=N–C) groups is 1. The van der Waals surface area contributed by atoms with Gasteiger partial charge in [0.05, 0.1) is 25.2 Å². The van der Waals surface area contributed by atoms with Crippen molar-refractivity contribution in [3.8, 4) is 0 Å². The number of carbonyl (C=O) groups is 2. The average Bonchev–Trinajstić information content (AvgIpc) is 3.74. The van der Waals surface area contributed by atoms with Crippen molar-refractivity contribution >= 4 is 29.2 Å². The van der Waals surface area contributed by atoms with E-state index in [0.29, 0.717) is 44.2 Å². The minimum absolute atomic E-state index is 0.0299. The molecule has 9 heteroatoms. The van der Waals surface area contributed by atoms with Crippen LogP contribution in [-0.2, 0) is 20.9 Å². The van der Waals surface area contributed by atoms with Gasteiger partial charge in [-0.05, 0) is 49.1 Å². The Labute approximate surface area is 266 Å². The lowest BCUT2D eigenvalue weighted by Crippen LogP contribution is -2.64. The van der Waals surface area contributed by atoms with Crippen molar-refractivity contribution in [2.24, 2.45) is 10.9 Å². The topological polar surface area (TPSA) is 86.3 Å². The lowest BCUT2D eigenvalue weighted by molar-refractivity contribution is -0.145. The van der Waals surface area contributed by atoms with Crippen molar-refractivity contribution in [2.45, 2.75) is 114 Å². The van der Waals surface area contributed by atoms with Gasteiger partial charge in [-0.15, -0.1) is 11.3 Å². The fourth-order valence-corrected chi connectivity index (χ4v) is 8.17. The lowest BCUT2D eigenvalue weighted by atomic mass is 9.83. The molecule has 2 aliphatic carbocycles. The molecule has 3 heterocycles. The zero-order valence-electron chi connectivity index (χ0n) is 26.2. The number of benzene rings is 1. The highest BCUT2D eigenvalue weighted by molar-refractivity contribution is 7.09. The number of ether oxygens (including phenoxy) is 1. The number of carbonyl (C=O) groups excluding carboxylic acids is 2. The summed E-state index contributed by atoms with van der Waals surface area (Å²) >= 11 is 1.63. The fourth-order valence-electron chi connectivity index (χ4n) is 7.53. The Kier molecular flexibility index (Phi) is 10.5. The van der Waals surface area contributed by atoms with Crippen LogP contribution in [0.3, 0.4) is 0 Å². The molecule has 2 aliphatic heterocycles. The van der Waals surface area contributed by atoms with E-state index in [-0.39, 0.29) is 30.0 Å². The Morgan fingerprint density at radius 3 is 2.45 bits per heavy atom. The number of hydrogen-bond acceptors (Lipinski definition) is 7. The molecular formula is C35H49N5O3S. The summed E-state index contributed by atoms with van der Waals surface area (Å²) in [5, 5.41) is 8.99. The van der Waals surface area contributed by atoms with Gasteiger partial charge in [0.25, 0.3) is 6.02 Å². The molecule has 44 heavy (non-hydrogen) atoms. The van der Waals surface area contributed by atoms with Gasteiger partial charge in [-0.1, -0.05) is 87.8 Å².